The maximum atomic E-state index is 12.8. The molecule has 166 valence electrons. The van der Waals surface area contributed by atoms with Gasteiger partial charge < -0.3 is 29.3 Å². The second-order valence-corrected chi connectivity index (χ2v) is 7.10. The van der Waals surface area contributed by atoms with Crippen LogP contribution in [0.4, 0.5) is 16.3 Å². The first kappa shape index (κ1) is 22.5. The number of amides is 2. The summed E-state index contributed by atoms with van der Waals surface area (Å²) in [5, 5.41) is 3.24. The number of urea groups is 1. The minimum absolute atomic E-state index is 0.251. The van der Waals surface area contributed by atoms with Gasteiger partial charge in [0.15, 0.2) is 0 Å². The van der Waals surface area contributed by atoms with Gasteiger partial charge in [0.05, 0.1) is 31.4 Å². The van der Waals surface area contributed by atoms with E-state index in [1.165, 1.54) is 20.4 Å². The fourth-order valence-electron chi connectivity index (χ4n) is 3.27. The topological polar surface area (TPSA) is 93.2 Å². The molecule has 2 heterocycles. The van der Waals surface area contributed by atoms with Gasteiger partial charge in [0.2, 0.25) is 0 Å². The molecule has 0 bridgehead atoms. The third-order valence-corrected chi connectivity index (χ3v) is 5.14. The number of nitrogens with zero attached hydrogens (tertiary/aromatic N) is 3. The molecular weight excluding hydrogens is 424 g/mol. The van der Waals surface area contributed by atoms with Crippen molar-refractivity contribution in [2.75, 3.05) is 57.2 Å². The molecular formula is C21H25ClN4O5. The zero-order chi connectivity index (χ0) is 22.4. The number of carbonyl (C=O) groups is 2. The number of halogens is 1. The summed E-state index contributed by atoms with van der Waals surface area (Å²) in [4.78, 5) is 32.6. The monoisotopic (exact) mass is 448 g/mol. The van der Waals surface area contributed by atoms with Crippen LogP contribution in [0.15, 0.2) is 30.5 Å². The van der Waals surface area contributed by atoms with Gasteiger partial charge in [0, 0.05) is 32.4 Å². The average Bonchev–Trinajstić information content (AvgIpc) is 2.79. The number of nitrogens with one attached hydrogen (secondary N) is 1. The van der Waals surface area contributed by atoms with Gasteiger partial charge in [0.25, 0.3) is 0 Å². The van der Waals surface area contributed by atoms with E-state index in [0.29, 0.717) is 59.8 Å². The Bertz CT molecular complexity index is 925. The molecule has 2 amide bonds. The van der Waals surface area contributed by atoms with E-state index in [0.717, 1.165) is 0 Å². The van der Waals surface area contributed by atoms with Crippen molar-refractivity contribution in [2.24, 2.45) is 0 Å². The molecule has 10 heteroatoms. The van der Waals surface area contributed by atoms with Crippen LogP contribution in [0.3, 0.4) is 0 Å². The lowest BCUT2D eigenvalue weighted by Gasteiger charge is -2.35. The Morgan fingerprint density at radius 1 is 1.13 bits per heavy atom. The molecule has 3 rings (SSSR count). The van der Waals surface area contributed by atoms with Gasteiger partial charge in [-0.1, -0.05) is 17.7 Å². The molecule has 0 unspecified atom stereocenters. The number of benzene rings is 1. The Kier molecular flexibility index (Phi) is 7.41. The second kappa shape index (κ2) is 10.2. The lowest BCUT2D eigenvalue weighted by Crippen LogP contribution is -2.50. The smallest absolute Gasteiger partial charge is 0.339 e. The predicted molar refractivity (Wildman–Crippen MR) is 118 cm³/mol. The van der Waals surface area contributed by atoms with E-state index in [2.05, 4.69) is 10.3 Å². The second-order valence-electron chi connectivity index (χ2n) is 6.69. The molecule has 1 aliphatic heterocycles. The summed E-state index contributed by atoms with van der Waals surface area (Å²) in [7, 11) is 3.07. The standard InChI is InChI=1S/C21H25ClN4O5/c1-4-31-20(27)14-12-15(22)19(23-13-14)25-8-10-26(11-9-25)21(28)24-18-16(29-2)6-5-7-17(18)30-3/h5-7,12-13H,4,8-11H2,1-3H3,(H,24,28). The number of hydrogen-bond acceptors (Lipinski definition) is 7. The zero-order valence-electron chi connectivity index (χ0n) is 17.7. The van der Waals surface area contributed by atoms with E-state index in [4.69, 9.17) is 25.8 Å². The predicted octanol–water partition coefficient (Wildman–Crippen LogP) is 3.28. The highest BCUT2D eigenvalue weighted by atomic mass is 35.5. The first-order chi connectivity index (χ1) is 15.0. The Hall–Kier alpha value is -3.20. The lowest BCUT2D eigenvalue weighted by atomic mass is 10.2. The van der Waals surface area contributed by atoms with Crippen LogP contribution in [0.5, 0.6) is 11.5 Å². The molecule has 31 heavy (non-hydrogen) atoms. The molecule has 0 spiro atoms. The molecule has 9 nitrogen and oxygen atoms in total. The van der Waals surface area contributed by atoms with Crippen LogP contribution in [0.1, 0.15) is 17.3 Å². The number of pyridine rings is 1. The minimum atomic E-state index is -0.461. The summed E-state index contributed by atoms with van der Waals surface area (Å²) >= 11 is 6.35. The number of carbonyl (C=O) groups excluding carboxylic acids is 2. The van der Waals surface area contributed by atoms with E-state index in [1.807, 2.05) is 4.90 Å². The molecule has 2 aromatic rings. The van der Waals surface area contributed by atoms with Crippen molar-refractivity contribution in [2.45, 2.75) is 6.92 Å². The molecule has 1 aliphatic rings. The van der Waals surface area contributed by atoms with Gasteiger partial charge in [-0.2, -0.15) is 0 Å². The number of methoxy groups -OCH3 is 2. The van der Waals surface area contributed by atoms with Crippen molar-refractivity contribution in [1.29, 1.82) is 0 Å². The fraction of sp³-hybridized carbons (Fsp3) is 0.381. The number of ether oxygens (including phenoxy) is 3. The van der Waals surface area contributed by atoms with Crippen LogP contribution in [0.25, 0.3) is 0 Å². The summed E-state index contributed by atoms with van der Waals surface area (Å²) in [5.41, 5.74) is 0.790. The molecule has 1 fully saturated rings. The molecule has 1 aromatic carbocycles. The van der Waals surface area contributed by atoms with Gasteiger partial charge in [-0.25, -0.2) is 14.6 Å². The number of para-hydroxylation sites is 1. The van der Waals surface area contributed by atoms with Gasteiger partial charge >= 0.3 is 12.0 Å². The van der Waals surface area contributed by atoms with Gasteiger partial charge in [-0.3, -0.25) is 0 Å². The van der Waals surface area contributed by atoms with Crippen LogP contribution >= 0.6 is 11.6 Å². The van der Waals surface area contributed by atoms with Crippen LogP contribution in [-0.4, -0.2) is 68.9 Å². The van der Waals surface area contributed by atoms with E-state index in [1.54, 1.807) is 36.1 Å². The highest BCUT2D eigenvalue weighted by molar-refractivity contribution is 6.33. The lowest BCUT2D eigenvalue weighted by molar-refractivity contribution is 0.0526. The van der Waals surface area contributed by atoms with Gasteiger partial charge in [0.1, 0.15) is 23.0 Å². The van der Waals surface area contributed by atoms with Gasteiger partial charge in [-0.15, -0.1) is 0 Å². The first-order valence-electron chi connectivity index (χ1n) is 9.83. The first-order valence-corrected chi connectivity index (χ1v) is 10.2. The molecule has 1 N–H and O–H groups in total. The number of anilines is 2. The molecule has 0 saturated carbocycles. The Morgan fingerprint density at radius 3 is 2.32 bits per heavy atom. The van der Waals surface area contributed by atoms with Crippen LogP contribution in [-0.2, 0) is 4.74 Å². The largest absolute Gasteiger partial charge is 0.494 e. The van der Waals surface area contributed by atoms with Crippen molar-refractivity contribution >= 4 is 35.1 Å². The fourth-order valence-corrected chi connectivity index (χ4v) is 3.56. The van der Waals surface area contributed by atoms with Crippen molar-refractivity contribution < 1.29 is 23.8 Å². The highest BCUT2D eigenvalue weighted by Gasteiger charge is 2.25. The van der Waals surface area contributed by atoms with Crippen molar-refractivity contribution in [3.8, 4) is 11.5 Å². The SMILES string of the molecule is CCOC(=O)c1cnc(N2CCN(C(=O)Nc3c(OC)cccc3OC)CC2)c(Cl)c1. The number of piperazine rings is 1. The van der Waals surface area contributed by atoms with Crippen LogP contribution < -0.4 is 19.7 Å². The number of esters is 1. The third-order valence-electron chi connectivity index (χ3n) is 4.86. The van der Waals surface area contributed by atoms with E-state index < -0.39 is 5.97 Å². The maximum Gasteiger partial charge on any atom is 0.339 e. The molecule has 0 atom stereocenters. The molecule has 1 saturated heterocycles. The third kappa shape index (κ3) is 5.11. The summed E-state index contributed by atoms with van der Waals surface area (Å²) in [6, 6.07) is 6.59. The Labute approximate surface area is 185 Å². The Morgan fingerprint density at radius 2 is 1.77 bits per heavy atom. The molecule has 0 radical (unpaired) electrons. The Balaban J connectivity index is 1.64. The van der Waals surface area contributed by atoms with Crippen molar-refractivity contribution in [3.05, 3.63) is 41.0 Å². The van der Waals surface area contributed by atoms with Crippen molar-refractivity contribution in [1.82, 2.24) is 9.88 Å². The van der Waals surface area contributed by atoms with E-state index >= 15 is 0 Å². The summed E-state index contributed by atoms with van der Waals surface area (Å²) in [6.07, 6.45) is 1.45. The summed E-state index contributed by atoms with van der Waals surface area (Å²) < 4.78 is 15.6. The number of aromatic nitrogens is 1. The zero-order valence-corrected chi connectivity index (χ0v) is 18.4. The van der Waals surface area contributed by atoms with Gasteiger partial charge in [-0.05, 0) is 25.1 Å². The van der Waals surface area contributed by atoms with Crippen LogP contribution in [0, 0.1) is 0 Å². The molecule has 0 aliphatic carbocycles. The summed E-state index contributed by atoms with van der Waals surface area (Å²) in [6.45, 7) is 4.05. The number of rotatable bonds is 6. The van der Waals surface area contributed by atoms with Crippen molar-refractivity contribution in [3.63, 3.8) is 0 Å². The van der Waals surface area contributed by atoms with E-state index in [-0.39, 0.29) is 12.6 Å². The highest BCUT2D eigenvalue weighted by Crippen LogP contribution is 2.34. The minimum Gasteiger partial charge on any atom is -0.494 e. The van der Waals surface area contributed by atoms with Crippen LogP contribution in [0.2, 0.25) is 5.02 Å². The van der Waals surface area contributed by atoms with E-state index in [9.17, 15) is 9.59 Å². The quantitative estimate of drug-likeness (QED) is 0.678. The normalized spacial score (nSPS) is 13.5. The molecule has 1 aromatic heterocycles. The number of hydrogen-bond donors (Lipinski definition) is 1. The maximum absolute atomic E-state index is 12.8. The average molecular weight is 449 g/mol. The summed E-state index contributed by atoms with van der Waals surface area (Å²) in [5.74, 6) is 1.14.